The number of rotatable bonds is 1. The van der Waals surface area contributed by atoms with Gasteiger partial charge >= 0.3 is 0 Å². The molecular weight excluding hydrogens is 308 g/mol. The highest BCUT2D eigenvalue weighted by Crippen LogP contribution is 2.39. The minimum Gasteiger partial charge on any atom is -0.378 e. The van der Waals surface area contributed by atoms with Crippen molar-refractivity contribution in [2.75, 3.05) is 23.3 Å². The maximum Gasteiger partial charge on any atom is 0.257 e. The molecule has 0 fully saturated rings. The van der Waals surface area contributed by atoms with Crippen LogP contribution >= 0.6 is 15.9 Å². The lowest BCUT2D eigenvalue weighted by molar-refractivity contribution is -0.123. The molecule has 4 nitrogen and oxygen atoms in total. The van der Waals surface area contributed by atoms with Gasteiger partial charge in [0.1, 0.15) is 0 Å². The van der Waals surface area contributed by atoms with E-state index in [1.807, 2.05) is 12.1 Å². The van der Waals surface area contributed by atoms with Crippen molar-refractivity contribution >= 4 is 33.2 Å². The number of halogens is 1. The summed E-state index contributed by atoms with van der Waals surface area (Å²) < 4.78 is 0.912. The average molecular weight is 323 g/mol. The van der Waals surface area contributed by atoms with E-state index in [1.165, 1.54) is 5.57 Å². The van der Waals surface area contributed by atoms with Crippen molar-refractivity contribution in [3.63, 3.8) is 0 Å². The second kappa shape index (κ2) is 4.65. The zero-order valence-corrected chi connectivity index (χ0v) is 12.2. The highest BCUT2D eigenvalue weighted by Gasteiger charge is 2.30. The molecule has 0 spiro atoms. The van der Waals surface area contributed by atoms with E-state index in [-0.39, 0.29) is 5.91 Å². The molecule has 2 aliphatic heterocycles. The monoisotopic (exact) mass is 322 g/mol. The average Bonchev–Trinajstić information content (AvgIpc) is 2.66. The van der Waals surface area contributed by atoms with E-state index in [4.69, 9.17) is 0 Å². The second-order valence-corrected chi connectivity index (χ2v) is 5.88. The van der Waals surface area contributed by atoms with Crippen molar-refractivity contribution in [3.8, 4) is 0 Å². The summed E-state index contributed by atoms with van der Waals surface area (Å²) in [5.74, 6) is -0.353. The van der Waals surface area contributed by atoms with Crippen molar-refractivity contribution in [1.29, 1.82) is 0 Å². The Morgan fingerprint density at radius 3 is 2.95 bits per heavy atom. The Bertz CT molecular complexity index is 583. The molecule has 19 heavy (non-hydrogen) atoms. The molecule has 1 aromatic rings. The number of benzene rings is 1. The van der Waals surface area contributed by atoms with E-state index in [2.05, 4.69) is 39.1 Å². The molecule has 1 aromatic carbocycles. The highest BCUT2D eigenvalue weighted by molar-refractivity contribution is 9.10. The van der Waals surface area contributed by atoms with Crippen LogP contribution in [-0.4, -0.2) is 24.1 Å². The van der Waals surface area contributed by atoms with Gasteiger partial charge in [0.15, 0.2) is 6.10 Å². The van der Waals surface area contributed by atoms with Crippen molar-refractivity contribution in [2.24, 2.45) is 0 Å². The molecule has 2 heterocycles. The number of aliphatic hydroxyl groups excluding tert-OH is 1. The summed E-state index contributed by atoms with van der Waals surface area (Å²) >= 11 is 3.54. The van der Waals surface area contributed by atoms with Gasteiger partial charge < -0.3 is 15.3 Å². The number of carbonyl (C=O) groups excluding carboxylic acids is 1. The Balaban J connectivity index is 1.97. The standard InChI is InChI=1S/C14H15BrN2O2/c1-8-2-4-17(5-3-8)12-7-11-9(6-10(12)15)13(18)14(19)16-11/h2,6-7,13,18H,3-5H2,1H3,(H,16,19). The Labute approximate surface area is 120 Å². The Morgan fingerprint density at radius 2 is 2.26 bits per heavy atom. The molecule has 0 saturated carbocycles. The predicted octanol–water partition coefficient (Wildman–Crippen LogP) is 2.59. The van der Waals surface area contributed by atoms with Crippen molar-refractivity contribution < 1.29 is 9.90 Å². The summed E-state index contributed by atoms with van der Waals surface area (Å²) in [6.07, 6.45) is 2.22. The summed E-state index contributed by atoms with van der Waals surface area (Å²) in [5, 5.41) is 12.5. The fourth-order valence-electron chi connectivity index (χ4n) is 2.49. The lowest BCUT2D eigenvalue weighted by Gasteiger charge is -2.29. The first-order valence-electron chi connectivity index (χ1n) is 6.29. The molecule has 0 saturated heterocycles. The third-order valence-electron chi connectivity index (χ3n) is 3.70. The molecule has 0 aliphatic carbocycles. The molecule has 1 unspecified atom stereocenters. The second-order valence-electron chi connectivity index (χ2n) is 5.03. The van der Waals surface area contributed by atoms with E-state index >= 15 is 0 Å². The Kier molecular flexibility index (Phi) is 3.11. The normalized spacial score (nSPS) is 22.1. The third kappa shape index (κ3) is 2.17. The number of fused-ring (bicyclic) bond motifs is 1. The number of hydrogen-bond acceptors (Lipinski definition) is 3. The van der Waals surface area contributed by atoms with Gasteiger partial charge in [0, 0.05) is 28.8 Å². The molecule has 2 N–H and O–H groups in total. The van der Waals surface area contributed by atoms with Gasteiger partial charge in [-0.15, -0.1) is 0 Å². The Morgan fingerprint density at radius 1 is 1.47 bits per heavy atom. The first-order valence-corrected chi connectivity index (χ1v) is 7.08. The molecular formula is C14H15BrN2O2. The zero-order chi connectivity index (χ0) is 13.6. The first kappa shape index (κ1) is 12.7. The SMILES string of the molecule is CC1=CCN(c2cc3c(cc2Br)C(O)C(=O)N3)CC1. The van der Waals surface area contributed by atoms with Gasteiger partial charge in [-0.2, -0.15) is 0 Å². The van der Waals surface area contributed by atoms with Gasteiger partial charge in [-0.3, -0.25) is 4.79 Å². The van der Waals surface area contributed by atoms with Crippen LogP contribution < -0.4 is 10.2 Å². The molecule has 0 aromatic heterocycles. The lowest BCUT2D eigenvalue weighted by Crippen LogP contribution is -2.28. The third-order valence-corrected chi connectivity index (χ3v) is 4.33. The van der Waals surface area contributed by atoms with Gasteiger partial charge in [-0.1, -0.05) is 11.6 Å². The maximum absolute atomic E-state index is 11.5. The summed E-state index contributed by atoms with van der Waals surface area (Å²) in [4.78, 5) is 13.7. The van der Waals surface area contributed by atoms with Crippen LogP contribution in [0.3, 0.4) is 0 Å². The molecule has 3 rings (SSSR count). The van der Waals surface area contributed by atoms with Gasteiger partial charge in [0.05, 0.1) is 5.69 Å². The van der Waals surface area contributed by atoms with Crippen LogP contribution in [0.2, 0.25) is 0 Å². The number of aliphatic hydroxyl groups is 1. The van der Waals surface area contributed by atoms with E-state index in [1.54, 1.807) is 0 Å². The van der Waals surface area contributed by atoms with Crippen molar-refractivity contribution in [3.05, 3.63) is 33.8 Å². The largest absolute Gasteiger partial charge is 0.378 e. The number of nitrogens with one attached hydrogen (secondary N) is 1. The first-order chi connectivity index (χ1) is 9.06. The van der Waals surface area contributed by atoms with E-state index in [0.29, 0.717) is 11.3 Å². The van der Waals surface area contributed by atoms with E-state index in [0.717, 1.165) is 29.7 Å². The lowest BCUT2D eigenvalue weighted by atomic mass is 10.1. The number of carbonyl (C=O) groups is 1. The van der Waals surface area contributed by atoms with Crippen molar-refractivity contribution in [1.82, 2.24) is 0 Å². The molecule has 0 radical (unpaired) electrons. The molecule has 1 amide bonds. The van der Waals surface area contributed by atoms with E-state index in [9.17, 15) is 9.90 Å². The number of nitrogens with zero attached hydrogens (tertiary/aromatic N) is 1. The predicted molar refractivity (Wildman–Crippen MR) is 78.3 cm³/mol. The zero-order valence-electron chi connectivity index (χ0n) is 10.6. The summed E-state index contributed by atoms with van der Waals surface area (Å²) in [6.45, 7) is 3.99. The van der Waals surface area contributed by atoms with E-state index < -0.39 is 6.10 Å². The maximum atomic E-state index is 11.5. The number of hydrogen-bond donors (Lipinski definition) is 2. The summed E-state index contributed by atoms with van der Waals surface area (Å²) in [5.41, 5.74) is 3.82. The topological polar surface area (TPSA) is 52.6 Å². The number of amides is 1. The molecule has 2 aliphatic rings. The van der Waals surface area contributed by atoms with Crippen LogP contribution in [0.1, 0.15) is 25.0 Å². The van der Waals surface area contributed by atoms with Crippen LogP contribution in [0, 0.1) is 0 Å². The fraction of sp³-hybridized carbons (Fsp3) is 0.357. The summed E-state index contributed by atoms with van der Waals surface area (Å²) in [7, 11) is 0. The van der Waals surface area contributed by atoms with Gasteiger partial charge in [0.2, 0.25) is 0 Å². The quantitative estimate of drug-likeness (QED) is 0.781. The van der Waals surface area contributed by atoms with Crippen LogP contribution in [0.25, 0.3) is 0 Å². The number of anilines is 2. The highest BCUT2D eigenvalue weighted by atomic mass is 79.9. The van der Waals surface area contributed by atoms with Gasteiger partial charge in [-0.25, -0.2) is 0 Å². The van der Waals surface area contributed by atoms with Gasteiger partial charge in [-0.05, 0) is 41.4 Å². The minimum absolute atomic E-state index is 0.353. The molecule has 1 atom stereocenters. The van der Waals surface area contributed by atoms with Crippen LogP contribution in [0.15, 0.2) is 28.3 Å². The van der Waals surface area contributed by atoms with Crippen LogP contribution in [0.5, 0.6) is 0 Å². The molecule has 5 heteroatoms. The van der Waals surface area contributed by atoms with Gasteiger partial charge in [0.25, 0.3) is 5.91 Å². The fourth-order valence-corrected chi connectivity index (χ4v) is 3.10. The Hall–Kier alpha value is -1.33. The molecule has 100 valence electrons. The van der Waals surface area contributed by atoms with Crippen LogP contribution in [-0.2, 0) is 4.79 Å². The molecule has 0 bridgehead atoms. The van der Waals surface area contributed by atoms with Crippen LogP contribution in [0.4, 0.5) is 11.4 Å². The summed E-state index contributed by atoms with van der Waals surface area (Å²) in [6, 6.07) is 3.76. The smallest absolute Gasteiger partial charge is 0.257 e. The van der Waals surface area contributed by atoms with Crippen molar-refractivity contribution in [2.45, 2.75) is 19.4 Å². The minimum atomic E-state index is -1.05.